The number of carbonyl (C=O) groups excluding carboxylic acids is 1. The maximum Gasteiger partial charge on any atom is 0.308 e. The fourth-order valence-electron chi connectivity index (χ4n) is 4.34. The van der Waals surface area contributed by atoms with Gasteiger partial charge >= 0.3 is 5.97 Å². The van der Waals surface area contributed by atoms with Crippen LogP contribution in [0.2, 0.25) is 0 Å². The van der Waals surface area contributed by atoms with Gasteiger partial charge in [0.15, 0.2) is 11.5 Å². The zero-order valence-corrected chi connectivity index (χ0v) is 20.4. The van der Waals surface area contributed by atoms with Crippen molar-refractivity contribution in [1.82, 2.24) is 9.91 Å². The molecule has 1 aliphatic rings. The Balaban J connectivity index is 1.47. The topological polar surface area (TPSA) is 63.6 Å². The average molecular weight is 474 g/mol. The second kappa shape index (κ2) is 11.5. The summed E-state index contributed by atoms with van der Waals surface area (Å²) < 4.78 is 16.1. The van der Waals surface area contributed by atoms with Crippen LogP contribution < -0.4 is 14.2 Å². The molecule has 0 radical (unpaired) electrons. The van der Waals surface area contributed by atoms with Gasteiger partial charge in [-0.1, -0.05) is 60.7 Å². The number of esters is 1. The molecule has 3 aromatic carbocycles. The van der Waals surface area contributed by atoms with E-state index in [9.17, 15) is 4.79 Å². The number of hydrogen-bond acceptors (Lipinski definition) is 7. The second-order valence-corrected chi connectivity index (χ2v) is 8.31. The lowest BCUT2D eigenvalue weighted by molar-refractivity contribution is -0.132. The van der Waals surface area contributed by atoms with Crippen molar-refractivity contribution in [3.8, 4) is 17.2 Å². The molecule has 0 aromatic heterocycles. The quantitative estimate of drug-likeness (QED) is 0.275. The summed E-state index contributed by atoms with van der Waals surface area (Å²) >= 11 is 0. The van der Waals surface area contributed by atoms with Crippen molar-refractivity contribution >= 4 is 12.2 Å². The summed E-state index contributed by atoms with van der Waals surface area (Å²) in [6.07, 6.45) is 1.78. The SMILES string of the molecule is COc1cc(/C=N\N2CCN(C(c3ccccc3)c3ccccc3)CC2)cc(OC)c1OC(C)=O. The van der Waals surface area contributed by atoms with Crippen LogP contribution in [0, 0.1) is 0 Å². The van der Waals surface area contributed by atoms with Crippen LogP contribution in [0.4, 0.5) is 0 Å². The van der Waals surface area contributed by atoms with Crippen molar-refractivity contribution in [2.45, 2.75) is 13.0 Å². The molecule has 0 bridgehead atoms. The monoisotopic (exact) mass is 473 g/mol. The van der Waals surface area contributed by atoms with Gasteiger partial charge in [-0.15, -0.1) is 0 Å². The third kappa shape index (κ3) is 6.00. The Morgan fingerprint density at radius 3 is 1.83 bits per heavy atom. The molecule has 182 valence electrons. The molecule has 0 saturated carbocycles. The van der Waals surface area contributed by atoms with Gasteiger partial charge in [0.1, 0.15) is 0 Å². The van der Waals surface area contributed by atoms with Gasteiger partial charge in [-0.3, -0.25) is 14.7 Å². The number of ether oxygens (including phenoxy) is 3. The van der Waals surface area contributed by atoms with Gasteiger partial charge in [0.05, 0.1) is 26.5 Å². The van der Waals surface area contributed by atoms with Crippen LogP contribution in [0.25, 0.3) is 0 Å². The zero-order chi connectivity index (χ0) is 24.6. The highest BCUT2D eigenvalue weighted by Crippen LogP contribution is 2.38. The van der Waals surface area contributed by atoms with Crippen molar-refractivity contribution < 1.29 is 19.0 Å². The van der Waals surface area contributed by atoms with Gasteiger partial charge in [0, 0.05) is 38.7 Å². The van der Waals surface area contributed by atoms with Gasteiger partial charge in [-0.2, -0.15) is 5.10 Å². The molecular weight excluding hydrogens is 442 g/mol. The summed E-state index contributed by atoms with van der Waals surface area (Å²) in [5.41, 5.74) is 3.38. The molecule has 4 rings (SSSR count). The lowest BCUT2D eigenvalue weighted by atomic mass is 9.96. The summed E-state index contributed by atoms with van der Waals surface area (Å²) in [4.78, 5) is 14.0. The Labute approximate surface area is 206 Å². The van der Waals surface area contributed by atoms with Crippen LogP contribution in [0.5, 0.6) is 17.2 Å². The number of hydrogen-bond donors (Lipinski definition) is 0. The number of piperazine rings is 1. The van der Waals surface area contributed by atoms with Gasteiger partial charge in [-0.25, -0.2) is 0 Å². The van der Waals surface area contributed by atoms with Crippen LogP contribution in [0.15, 0.2) is 77.9 Å². The number of carbonyl (C=O) groups is 1. The fraction of sp³-hybridized carbons (Fsp3) is 0.286. The Morgan fingerprint density at radius 2 is 1.37 bits per heavy atom. The molecule has 1 fully saturated rings. The predicted octanol–water partition coefficient (Wildman–Crippen LogP) is 4.37. The number of nitrogens with zero attached hydrogens (tertiary/aromatic N) is 3. The average Bonchev–Trinajstić information content (AvgIpc) is 2.89. The highest BCUT2D eigenvalue weighted by molar-refractivity contribution is 5.83. The Bertz CT molecular complexity index is 1080. The standard InChI is InChI=1S/C28H31N3O4/c1-21(32)35-28-25(33-2)18-22(19-26(28)34-3)20-29-31-16-14-30(15-17-31)27(23-10-6-4-7-11-23)24-12-8-5-9-13-24/h4-13,18-20,27H,14-17H2,1-3H3/b29-20-. The molecule has 0 unspecified atom stereocenters. The molecule has 1 saturated heterocycles. The molecule has 0 atom stereocenters. The van der Waals surface area contributed by atoms with Crippen LogP contribution in [0.1, 0.15) is 29.7 Å². The first-order chi connectivity index (χ1) is 17.1. The first kappa shape index (κ1) is 24.3. The zero-order valence-electron chi connectivity index (χ0n) is 20.4. The Morgan fingerprint density at radius 1 is 0.857 bits per heavy atom. The van der Waals surface area contributed by atoms with Crippen LogP contribution in [0.3, 0.4) is 0 Å². The third-order valence-corrected chi connectivity index (χ3v) is 5.99. The Kier molecular flexibility index (Phi) is 8.00. The Hall–Kier alpha value is -3.84. The molecule has 1 heterocycles. The van der Waals surface area contributed by atoms with Crippen LogP contribution >= 0.6 is 0 Å². The van der Waals surface area contributed by atoms with Crippen molar-refractivity contribution in [3.63, 3.8) is 0 Å². The van der Waals surface area contributed by atoms with E-state index in [-0.39, 0.29) is 11.8 Å². The minimum Gasteiger partial charge on any atom is -0.493 e. The van der Waals surface area contributed by atoms with E-state index in [0.29, 0.717) is 11.5 Å². The summed E-state index contributed by atoms with van der Waals surface area (Å²) in [5.74, 6) is 0.657. The first-order valence-electron chi connectivity index (χ1n) is 11.7. The smallest absolute Gasteiger partial charge is 0.308 e. The van der Waals surface area contributed by atoms with E-state index < -0.39 is 5.97 Å². The fourth-order valence-corrected chi connectivity index (χ4v) is 4.34. The number of methoxy groups -OCH3 is 2. The van der Waals surface area contributed by atoms with E-state index in [2.05, 4.69) is 70.6 Å². The predicted molar refractivity (Wildman–Crippen MR) is 136 cm³/mol. The van der Waals surface area contributed by atoms with Crippen molar-refractivity contribution in [2.75, 3.05) is 40.4 Å². The van der Waals surface area contributed by atoms with E-state index in [1.165, 1.54) is 32.3 Å². The van der Waals surface area contributed by atoms with Crippen LogP contribution in [-0.2, 0) is 4.79 Å². The maximum absolute atomic E-state index is 11.5. The van der Waals surface area contributed by atoms with Crippen molar-refractivity contribution in [3.05, 3.63) is 89.5 Å². The van der Waals surface area contributed by atoms with Gasteiger partial charge in [0.25, 0.3) is 0 Å². The third-order valence-electron chi connectivity index (χ3n) is 5.99. The molecule has 0 spiro atoms. The van der Waals surface area contributed by atoms with E-state index >= 15 is 0 Å². The summed E-state index contributed by atoms with van der Waals surface area (Å²) in [6, 6.07) is 25.1. The molecular formula is C28H31N3O4. The van der Waals surface area contributed by atoms with Gasteiger partial charge in [0.2, 0.25) is 5.75 Å². The van der Waals surface area contributed by atoms with Crippen LogP contribution in [-0.4, -0.2) is 62.5 Å². The minimum atomic E-state index is -0.440. The first-order valence-corrected chi connectivity index (χ1v) is 11.7. The minimum absolute atomic E-state index is 0.214. The van der Waals surface area contributed by atoms with E-state index in [1.807, 2.05) is 0 Å². The molecule has 3 aromatic rings. The van der Waals surface area contributed by atoms with Crippen molar-refractivity contribution in [1.29, 1.82) is 0 Å². The summed E-state index contributed by atoms with van der Waals surface area (Å²) in [6.45, 7) is 4.75. The van der Waals surface area contributed by atoms with Gasteiger partial charge in [-0.05, 0) is 23.3 Å². The molecule has 7 heteroatoms. The maximum atomic E-state index is 11.5. The van der Waals surface area contributed by atoms with E-state index in [4.69, 9.17) is 19.3 Å². The number of hydrazone groups is 1. The largest absolute Gasteiger partial charge is 0.493 e. The molecule has 0 N–H and O–H groups in total. The lowest BCUT2D eigenvalue weighted by Crippen LogP contribution is -2.45. The molecule has 1 aliphatic heterocycles. The lowest BCUT2D eigenvalue weighted by Gasteiger charge is -2.38. The molecule has 35 heavy (non-hydrogen) atoms. The molecule has 7 nitrogen and oxygen atoms in total. The second-order valence-electron chi connectivity index (χ2n) is 8.31. The van der Waals surface area contributed by atoms with E-state index in [0.717, 1.165) is 31.7 Å². The van der Waals surface area contributed by atoms with Crippen molar-refractivity contribution in [2.24, 2.45) is 5.10 Å². The normalized spacial score (nSPS) is 14.3. The van der Waals surface area contributed by atoms with E-state index in [1.54, 1.807) is 18.3 Å². The number of rotatable bonds is 8. The van der Waals surface area contributed by atoms with Gasteiger partial charge < -0.3 is 14.2 Å². The number of benzene rings is 3. The summed E-state index contributed by atoms with van der Waals surface area (Å²) in [5, 5.41) is 6.77. The summed E-state index contributed by atoms with van der Waals surface area (Å²) in [7, 11) is 3.05. The highest BCUT2D eigenvalue weighted by Gasteiger charge is 2.26. The molecule has 0 aliphatic carbocycles. The highest BCUT2D eigenvalue weighted by atomic mass is 16.6. The molecule has 0 amide bonds.